The second-order valence-electron chi connectivity index (χ2n) is 4.69. The number of benzene rings is 2. The first-order valence-electron chi connectivity index (χ1n) is 6.50. The van der Waals surface area contributed by atoms with Gasteiger partial charge in [0.25, 0.3) is 0 Å². The van der Waals surface area contributed by atoms with Crippen LogP contribution in [0.25, 0.3) is 10.2 Å². The van der Waals surface area contributed by atoms with Crippen LogP contribution in [-0.2, 0) is 11.2 Å². The molecule has 2 aromatic carbocycles. The highest BCUT2D eigenvalue weighted by Crippen LogP contribution is 2.28. The summed E-state index contributed by atoms with van der Waals surface area (Å²) in [5.74, 6) is -0.0258. The van der Waals surface area contributed by atoms with Crippen LogP contribution in [0.1, 0.15) is 5.56 Å². The maximum absolute atomic E-state index is 12.4. The molecular formula is C16H13ClN2OS. The largest absolute Gasteiger partial charge is 0.291 e. The number of halogens is 1. The van der Waals surface area contributed by atoms with Crippen molar-refractivity contribution in [3.8, 4) is 0 Å². The summed E-state index contributed by atoms with van der Waals surface area (Å²) in [5.41, 5.74) is 1.74. The van der Waals surface area contributed by atoms with E-state index >= 15 is 0 Å². The number of rotatable bonds is 3. The predicted molar refractivity (Wildman–Crippen MR) is 88.2 cm³/mol. The van der Waals surface area contributed by atoms with E-state index in [0.717, 1.165) is 15.8 Å². The van der Waals surface area contributed by atoms with Crippen molar-refractivity contribution in [3.05, 3.63) is 59.1 Å². The van der Waals surface area contributed by atoms with Crippen molar-refractivity contribution < 1.29 is 4.79 Å². The quantitative estimate of drug-likeness (QED) is 0.727. The number of thiazole rings is 1. The number of para-hydroxylation sites is 1. The molecule has 0 atom stereocenters. The molecule has 5 heteroatoms. The lowest BCUT2D eigenvalue weighted by molar-refractivity contribution is -0.117. The van der Waals surface area contributed by atoms with E-state index in [-0.39, 0.29) is 12.3 Å². The average Bonchev–Trinajstić information content (AvgIpc) is 2.92. The van der Waals surface area contributed by atoms with Gasteiger partial charge in [-0.25, -0.2) is 4.98 Å². The van der Waals surface area contributed by atoms with Crippen LogP contribution in [-0.4, -0.2) is 17.9 Å². The molecule has 0 saturated carbocycles. The second-order valence-corrected chi connectivity index (χ2v) is 6.10. The molecule has 3 aromatic rings. The van der Waals surface area contributed by atoms with Gasteiger partial charge in [-0.15, -0.1) is 0 Å². The van der Waals surface area contributed by atoms with Gasteiger partial charge < -0.3 is 0 Å². The molecule has 106 valence electrons. The Morgan fingerprint density at radius 1 is 1.19 bits per heavy atom. The Labute approximate surface area is 131 Å². The van der Waals surface area contributed by atoms with E-state index in [1.165, 1.54) is 11.3 Å². The van der Waals surface area contributed by atoms with Gasteiger partial charge in [0.15, 0.2) is 5.13 Å². The topological polar surface area (TPSA) is 33.2 Å². The van der Waals surface area contributed by atoms with Gasteiger partial charge in [0, 0.05) is 12.1 Å². The molecule has 0 aliphatic heterocycles. The monoisotopic (exact) mass is 316 g/mol. The van der Waals surface area contributed by atoms with E-state index in [4.69, 9.17) is 11.6 Å². The zero-order valence-corrected chi connectivity index (χ0v) is 13.0. The van der Waals surface area contributed by atoms with Crippen molar-refractivity contribution in [1.29, 1.82) is 0 Å². The van der Waals surface area contributed by atoms with Crippen molar-refractivity contribution in [2.45, 2.75) is 6.42 Å². The van der Waals surface area contributed by atoms with Gasteiger partial charge in [0.2, 0.25) is 5.91 Å². The molecule has 1 heterocycles. The minimum absolute atomic E-state index is 0.0258. The van der Waals surface area contributed by atoms with Crippen molar-refractivity contribution >= 4 is 44.2 Å². The molecule has 21 heavy (non-hydrogen) atoms. The molecule has 1 amide bonds. The number of nitrogens with zero attached hydrogens (tertiary/aromatic N) is 2. The molecule has 0 saturated heterocycles. The van der Waals surface area contributed by atoms with E-state index in [9.17, 15) is 4.79 Å². The van der Waals surface area contributed by atoms with Crippen molar-refractivity contribution in [2.75, 3.05) is 11.9 Å². The minimum Gasteiger partial charge on any atom is -0.291 e. The van der Waals surface area contributed by atoms with Crippen LogP contribution in [0, 0.1) is 0 Å². The summed E-state index contributed by atoms with van der Waals surface area (Å²) in [6.07, 6.45) is 0.270. The van der Waals surface area contributed by atoms with Crippen molar-refractivity contribution in [2.24, 2.45) is 0 Å². The Morgan fingerprint density at radius 2 is 1.90 bits per heavy atom. The zero-order valence-electron chi connectivity index (χ0n) is 11.4. The van der Waals surface area contributed by atoms with Gasteiger partial charge in [-0.1, -0.05) is 53.3 Å². The number of carbonyl (C=O) groups is 1. The van der Waals surface area contributed by atoms with Crippen molar-refractivity contribution in [3.63, 3.8) is 0 Å². The van der Waals surface area contributed by atoms with Gasteiger partial charge in [-0.3, -0.25) is 9.69 Å². The van der Waals surface area contributed by atoms with Gasteiger partial charge in [0.05, 0.1) is 16.6 Å². The molecule has 0 fully saturated rings. The summed E-state index contributed by atoms with van der Waals surface area (Å²) in [6.45, 7) is 0. The zero-order chi connectivity index (χ0) is 14.8. The number of carbonyl (C=O) groups excluding carboxylic acids is 1. The van der Waals surface area contributed by atoms with E-state index in [1.807, 2.05) is 42.5 Å². The van der Waals surface area contributed by atoms with Crippen LogP contribution in [0.4, 0.5) is 5.13 Å². The normalized spacial score (nSPS) is 10.8. The molecule has 0 N–H and O–H groups in total. The average molecular weight is 317 g/mol. The standard InChI is InChI=1S/C16H13ClN2OS/c1-19(15(20)10-11-6-2-3-7-12(11)17)16-18-13-8-4-5-9-14(13)21-16/h2-9H,10H2,1H3. The van der Waals surface area contributed by atoms with Gasteiger partial charge >= 0.3 is 0 Å². The summed E-state index contributed by atoms with van der Waals surface area (Å²) < 4.78 is 1.07. The highest BCUT2D eigenvalue weighted by molar-refractivity contribution is 7.22. The Kier molecular flexibility index (Phi) is 3.90. The van der Waals surface area contributed by atoms with E-state index in [2.05, 4.69) is 4.98 Å². The van der Waals surface area contributed by atoms with Gasteiger partial charge in [0.1, 0.15) is 0 Å². The van der Waals surface area contributed by atoms with Crippen LogP contribution < -0.4 is 4.90 Å². The second kappa shape index (κ2) is 5.84. The highest BCUT2D eigenvalue weighted by atomic mass is 35.5. The molecule has 3 nitrogen and oxygen atoms in total. The van der Waals surface area contributed by atoms with Crippen LogP contribution in [0.15, 0.2) is 48.5 Å². The Morgan fingerprint density at radius 3 is 2.67 bits per heavy atom. The van der Waals surface area contributed by atoms with Crippen LogP contribution >= 0.6 is 22.9 Å². The number of hydrogen-bond acceptors (Lipinski definition) is 3. The fraction of sp³-hybridized carbons (Fsp3) is 0.125. The summed E-state index contributed by atoms with van der Waals surface area (Å²) in [6, 6.07) is 15.3. The molecule has 3 rings (SSSR count). The lowest BCUT2D eigenvalue weighted by Gasteiger charge is -2.14. The molecule has 0 aliphatic rings. The predicted octanol–water partition coefficient (Wildman–Crippen LogP) is 4.16. The smallest absolute Gasteiger partial charge is 0.232 e. The maximum Gasteiger partial charge on any atom is 0.232 e. The molecular weight excluding hydrogens is 304 g/mol. The highest BCUT2D eigenvalue weighted by Gasteiger charge is 2.16. The SMILES string of the molecule is CN(C(=O)Cc1ccccc1Cl)c1nc2ccccc2s1. The van der Waals surface area contributed by atoms with Crippen molar-refractivity contribution in [1.82, 2.24) is 4.98 Å². The molecule has 1 aromatic heterocycles. The molecule has 0 radical (unpaired) electrons. The Bertz CT molecular complexity index is 767. The van der Waals surface area contributed by atoms with Crippen LogP contribution in [0.3, 0.4) is 0 Å². The van der Waals surface area contributed by atoms with Crippen LogP contribution in [0.2, 0.25) is 5.02 Å². The number of likely N-dealkylation sites (N-methyl/N-ethyl adjacent to an activating group) is 1. The number of hydrogen-bond donors (Lipinski definition) is 0. The lowest BCUT2D eigenvalue weighted by atomic mass is 10.1. The Hall–Kier alpha value is -1.91. The fourth-order valence-corrected chi connectivity index (χ4v) is 3.18. The molecule has 0 bridgehead atoms. The first-order chi connectivity index (χ1) is 10.1. The number of fused-ring (bicyclic) bond motifs is 1. The minimum atomic E-state index is -0.0258. The molecule has 0 unspecified atom stereocenters. The fourth-order valence-electron chi connectivity index (χ4n) is 2.03. The number of amides is 1. The van der Waals surface area contributed by atoms with E-state index in [1.54, 1.807) is 18.0 Å². The van der Waals surface area contributed by atoms with E-state index in [0.29, 0.717) is 10.2 Å². The third-order valence-electron chi connectivity index (χ3n) is 3.24. The first kappa shape index (κ1) is 14.0. The first-order valence-corrected chi connectivity index (χ1v) is 7.70. The number of anilines is 1. The van der Waals surface area contributed by atoms with Crippen LogP contribution in [0.5, 0.6) is 0 Å². The summed E-state index contributed by atoms with van der Waals surface area (Å²) in [5, 5.41) is 1.32. The van der Waals surface area contributed by atoms with Gasteiger partial charge in [-0.2, -0.15) is 0 Å². The summed E-state index contributed by atoms with van der Waals surface area (Å²) >= 11 is 7.61. The third-order valence-corrected chi connectivity index (χ3v) is 4.72. The van der Waals surface area contributed by atoms with E-state index < -0.39 is 0 Å². The summed E-state index contributed by atoms with van der Waals surface area (Å²) in [4.78, 5) is 18.5. The third kappa shape index (κ3) is 2.91. The maximum atomic E-state index is 12.4. The molecule has 0 spiro atoms. The Balaban J connectivity index is 1.82. The number of aromatic nitrogens is 1. The van der Waals surface area contributed by atoms with Gasteiger partial charge in [-0.05, 0) is 23.8 Å². The summed E-state index contributed by atoms with van der Waals surface area (Å²) in [7, 11) is 1.75. The molecule has 0 aliphatic carbocycles. The lowest BCUT2D eigenvalue weighted by Crippen LogP contribution is -2.27.